The van der Waals surface area contributed by atoms with Crippen molar-refractivity contribution in [3.05, 3.63) is 23.3 Å². The zero-order valence-corrected chi connectivity index (χ0v) is 27.5. The van der Waals surface area contributed by atoms with Gasteiger partial charge in [-0.05, 0) is 81.0 Å². The van der Waals surface area contributed by atoms with Gasteiger partial charge in [0.15, 0.2) is 6.29 Å². The predicted molar refractivity (Wildman–Crippen MR) is 164 cm³/mol. The maximum atomic E-state index is 13.3. The van der Waals surface area contributed by atoms with Crippen LogP contribution in [0.2, 0.25) is 0 Å². The molecule has 0 spiro atoms. The van der Waals surface area contributed by atoms with Crippen molar-refractivity contribution in [3.63, 3.8) is 0 Å². The highest BCUT2D eigenvalue weighted by Crippen LogP contribution is 2.74. The van der Waals surface area contributed by atoms with E-state index in [1.165, 1.54) is 0 Å². The van der Waals surface area contributed by atoms with E-state index in [1.807, 2.05) is 39.8 Å². The molecule has 3 saturated carbocycles. The Labute approximate surface area is 262 Å². The van der Waals surface area contributed by atoms with Crippen molar-refractivity contribution in [2.24, 2.45) is 45.3 Å². The molecule has 5 aliphatic rings. The number of carbonyl (C=O) groups is 1. The molecule has 44 heavy (non-hydrogen) atoms. The molecular formula is C35H56O9. The van der Waals surface area contributed by atoms with Gasteiger partial charge >= 0.3 is 0 Å². The number of hydrogen-bond donors (Lipinski definition) is 6. The van der Waals surface area contributed by atoms with Crippen LogP contribution < -0.4 is 0 Å². The summed E-state index contributed by atoms with van der Waals surface area (Å²) in [5.74, 6) is -0.151. The summed E-state index contributed by atoms with van der Waals surface area (Å²) in [5, 5.41) is 63.9. The molecule has 15 unspecified atom stereocenters. The molecule has 0 aromatic carbocycles. The lowest BCUT2D eigenvalue weighted by Crippen LogP contribution is -2.64. The number of aliphatic hydroxyl groups is 6. The van der Waals surface area contributed by atoms with E-state index in [2.05, 4.69) is 20.8 Å². The highest BCUT2D eigenvalue weighted by atomic mass is 16.7. The van der Waals surface area contributed by atoms with Gasteiger partial charge < -0.3 is 44.9 Å². The van der Waals surface area contributed by atoms with Gasteiger partial charge in [-0.1, -0.05) is 57.9 Å². The van der Waals surface area contributed by atoms with Gasteiger partial charge in [-0.15, -0.1) is 0 Å². The fraction of sp³-hybridized carbons (Fsp3) is 0.857. The van der Waals surface area contributed by atoms with Gasteiger partial charge in [0.2, 0.25) is 0 Å². The Hall–Kier alpha value is -1.17. The first-order chi connectivity index (χ1) is 20.5. The normalized spacial score (nSPS) is 49.5. The molecule has 4 aliphatic carbocycles. The average Bonchev–Trinajstić information content (AvgIpc) is 3.24. The predicted octanol–water partition coefficient (Wildman–Crippen LogP) is 2.89. The minimum absolute atomic E-state index is 0.00223. The van der Waals surface area contributed by atoms with E-state index in [1.54, 1.807) is 0 Å². The number of aliphatic hydroxyl groups excluding tert-OH is 6. The molecular weight excluding hydrogens is 564 g/mol. The van der Waals surface area contributed by atoms with Crippen LogP contribution in [0.15, 0.2) is 23.3 Å². The summed E-state index contributed by atoms with van der Waals surface area (Å²) in [4.78, 5) is 13.3. The Morgan fingerprint density at radius 1 is 0.977 bits per heavy atom. The zero-order chi connectivity index (χ0) is 32.6. The van der Waals surface area contributed by atoms with Gasteiger partial charge in [-0.3, -0.25) is 0 Å². The van der Waals surface area contributed by atoms with Crippen LogP contribution in [0.1, 0.15) is 87.0 Å². The molecule has 0 radical (unpaired) electrons. The minimum atomic E-state index is -1.52. The van der Waals surface area contributed by atoms with E-state index in [0.29, 0.717) is 12.8 Å². The first kappa shape index (κ1) is 34.2. The van der Waals surface area contributed by atoms with Crippen LogP contribution in [0.25, 0.3) is 0 Å². The molecule has 9 heteroatoms. The minimum Gasteiger partial charge on any atom is -0.394 e. The van der Waals surface area contributed by atoms with E-state index in [4.69, 9.17) is 9.47 Å². The number of rotatable bonds is 7. The molecule has 15 atom stereocenters. The van der Waals surface area contributed by atoms with Crippen molar-refractivity contribution in [3.8, 4) is 0 Å². The number of fused-ring (bicyclic) bond motifs is 5. The van der Waals surface area contributed by atoms with E-state index >= 15 is 0 Å². The molecule has 4 fully saturated rings. The quantitative estimate of drug-likeness (QED) is 0.186. The van der Waals surface area contributed by atoms with Crippen LogP contribution >= 0.6 is 0 Å². The van der Waals surface area contributed by atoms with Crippen LogP contribution in [-0.4, -0.2) is 92.5 Å². The van der Waals surface area contributed by atoms with Gasteiger partial charge in [0, 0.05) is 16.7 Å². The lowest BCUT2D eigenvalue weighted by molar-refractivity contribution is -0.312. The maximum absolute atomic E-state index is 13.3. The monoisotopic (exact) mass is 620 g/mol. The number of carbonyl (C=O) groups excluding carboxylic acids is 1. The summed E-state index contributed by atoms with van der Waals surface area (Å²) in [7, 11) is 0. The lowest BCUT2D eigenvalue weighted by atomic mass is 9.38. The fourth-order valence-electron chi connectivity index (χ4n) is 10.7. The van der Waals surface area contributed by atoms with Gasteiger partial charge in [0.05, 0.1) is 24.9 Å². The van der Waals surface area contributed by atoms with E-state index in [0.717, 1.165) is 43.1 Å². The summed E-state index contributed by atoms with van der Waals surface area (Å²) in [5.41, 5.74) is 0.275. The molecule has 0 amide bonds. The lowest BCUT2D eigenvalue weighted by Gasteiger charge is -2.66. The largest absolute Gasteiger partial charge is 0.394 e. The Bertz CT molecular complexity index is 1150. The molecule has 0 aromatic rings. The number of aldehydes is 1. The average molecular weight is 621 g/mol. The zero-order valence-electron chi connectivity index (χ0n) is 27.5. The molecule has 0 aromatic heterocycles. The highest BCUT2D eigenvalue weighted by molar-refractivity contribution is 5.65. The van der Waals surface area contributed by atoms with Crippen LogP contribution in [0.3, 0.4) is 0 Å². The number of ether oxygens (including phenoxy) is 2. The fourth-order valence-corrected chi connectivity index (χ4v) is 10.7. The van der Waals surface area contributed by atoms with Crippen LogP contribution in [-0.2, 0) is 14.3 Å². The van der Waals surface area contributed by atoms with Gasteiger partial charge in [-0.25, -0.2) is 0 Å². The van der Waals surface area contributed by atoms with Crippen LogP contribution in [0.5, 0.6) is 0 Å². The third-order valence-electron chi connectivity index (χ3n) is 13.5. The van der Waals surface area contributed by atoms with Crippen molar-refractivity contribution >= 4 is 6.29 Å². The molecule has 1 heterocycles. The SMILES string of the molecule is CC(C)=CC(OC1OC(CO)C(O)C(O)C1O)C(C)C1CCC2(C)C3C(O)C=C4C(CCC(O)C4(C)C)C3(C=O)CCC12C. The molecule has 0 bridgehead atoms. The summed E-state index contributed by atoms with van der Waals surface area (Å²) in [6, 6.07) is 0. The second-order valence-corrected chi connectivity index (χ2v) is 16.1. The Morgan fingerprint density at radius 3 is 2.27 bits per heavy atom. The van der Waals surface area contributed by atoms with Gasteiger partial charge in [-0.2, -0.15) is 0 Å². The maximum Gasteiger partial charge on any atom is 0.187 e. The van der Waals surface area contributed by atoms with Crippen molar-refractivity contribution < 1.29 is 44.9 Å². The highest BCUT2D eigenvalue weighted by Gasteiger charge is 2.71. The summed E-state index contributed by atoms with van der Waals surface area (Å²) < 4.78 is 12.1. The van der Waals surface area contributed by atoms with Crippen molar-refractivity contribution in [2.45, 2.75) is 136 Å². The van der Waals surface area contributed by atoms with Crippen molar-refractivity contribution in [1.29, 1.82) is 0 Å². The van der Waals surface area contributed by atoms with E-state index in [-0.39, 0.29) is 34.5 Å². The van der Waals surface area contributed by atoms with Gasteiger partial charge in [0.1, 0.15) is 30.7 Å². The topological polar surface area (TPSA) is 157 Å². The summed E-state index contributed by atoms with van der Waals surface area (Å²) >= 11 is 0. The Balaban J connectivity index is 1.47. The van der Waals surface area contributed by atoms with Crippen LogP contribution in [0, 0.1) is 45.3 Å². The molecule has 6 N–H and O–H groups in total. The van der Waals surface area contributed by atoms with Gasteiger partial charge in [0.25, 0.3) is 0 Å². The third kappa shape index (κ3) is 4.91. The molecule has 1 aliphatic heterocycles. The van der Waals surface area contributed by atoms with E-state index in [9.17, 15) is 35.4 Å². The van der Waals surface area contributed by atoms with Crippen molar-refractivity contribution in [2.75, 3.05) is 6.61 Å². The van der Waals surface area contributed by atoms with E-state index < -0.39 is 66.5 Å². The Morgan fingerprint density at radius 2 is 1.66 bits per heavy atom. The Kier molecular flexibility index (Phi) is 9.18. The summed E-state index contributed by atoms with van der Waals surface area (Å²) in [6.07, 6.45) is 1.16. The second-order valence-electron chi connectivity index (χ2n) is 16.1. The first-order valence-electron chi connectivity index (χ1n) is 16.7. The molecule has 5 rings (SSSR count). The number of allylic oxidation sites excluding steroid dienone is 1. The van der Waals surface area contributed by atoms with Crippen molar-refractivity contribution in [1.82, 2.24) is 0 Å². The smallest absolute Gasteiger partial charge is 0.187 e. The third-order valence-corrected chi connectivity index (χ3v) is 13.5. The first-order valence-corrected chi connectivity index (χ1v) is 16.7. The van der Waals surface area contributed by atoms with Crippen LogP contribution in [0.4, 0.5) is 0 Å². The summed E-state index contributed by atoms with van der Waals surface area (Å²) in [6.45, 7) is 14.2. The number of hydrogen-bond acceptors (Lipinski definition) is 9. The molecule has 9 nitrogen and oxygen atoms in total. The molecule has 250 valence electrons. The second kappa shape index (κ2) is 11.8. The molecule has 1 saturated heterocycles. The standard InChI is InChI=1S/C35H56O9/c1-18(2)14-24(43-31-29(42)28(41)27(40)25(16-36)44-31)19(3)20-10-11-34(7)30-23(38)15-22-21(8-9-26(39)32(22,4)5)35(30,17-37)13-12-33(20,34)6/h14-15,17,19-21,23-31,36,38-42H,8-13,16H2,1-7H3.